The Bertz CT molecular complexity index is 271. The summed E-state index contributed by atoms with van der Waals surface area (Å²) in [5.74, 6) is -0.191. The third-order valence-corrected chi connectivity index (χ3v) is 2.20. The van der Waals surface area contributed by atoms with Crippen LogP contribution in [0, 0.1) is 0 Å². The lowest BCUT2D eigenvalue weighted by Gasteiger charge is -1.94. The van der Waals surface area contributed by atoms with E-state index >= 15 is 0 Å². The van der Waals surface area contributed by atoms with E-state index in [1.54, 1.807) is 13.0 Å². The van der Waals surface area contributed by atoms with Crippen LogP contribution in [-0.2, 0) is 9.53 Å². The first kappa shape index (κ1) is 15.7. The maximum Gasteiger partial charge on any atom is 0.310 e. The summed E-state index contributed by atoms with van der Waals surface area (Å²) in [5.41, 5.74) is 2.97. The number of hydrogen-bond acceptors (Lipinski definition) is 2. The van der Waals surface area contributed by atoms with Crippen molar-refractivity contribution >= 4 is 5.97 Å². The van der Waals surface area contributed by atoms with Crippen LogP contribution >= 0.6 is 0 Å². The van der Waals surface area contributed by atoms with E-state index in [4.69, 9.17) is 4.74 Å². The third kappa shape index (κ3) is 12.7. The molecule has 0 bridgehead atoms. The number of allylic oxidation sites excluding steroid dienone is 2. The molecule has 0 radical (unpaired) electrons. The number of ether oxygens (including phenoxy) is 1. The lowest BCUT2D eigenvalue weighted by atomic mass is 10.2. The Balaban J connectivity index is 3.52. The second kappa shape index (κ2) is 12.8. The van der Waals surface area contributed by atoms with Gasteiger partial charge in [0.25, 0.3) is 0 Å². The van der Waals surface area contributed by atoms with Gasteiger partial charge < -0.3 is 4.74 Å². The summed E-state index contributed by atoms with van der Waals surface area (Å²) in [6, 6.07) is 0. The lowest BCUT2D eigenvalue weighted by molar-refractivity contribution is -0.142. The molecular weight excluding hydrogens is 212 g/mol. The maximum absolute atomic E-state index is 11.0. The van der Waals surface area contributed by atoms with Crippen LogP contribution in [0.25, 0.3) is 0 Å². The molecule has 0 spiro atoms. The van der Waals surface area contributed by atoms with E-state index in [1.807, 2.05) is 6.08 Å². The van der Waals surface area contributed by atoms with Gasteiger partial charge in [-0.3, -0.25) is 4.79 Å². The number of hydrogen-bond donors (Lipinski definition) is 0. The van der Waals surface area contributed by atoms with Crippen molar-refractivity contribution in [2.45, 2.75) is 52.4 Å². The van der Waals surface area contributed by atoms with Gasteiger partial charge in [-0.25, -0.2) is 0 Å². The van der Waals surface area contributed by atoms with Crippen molar-refractivity contribution in [2.75, 3.05) is 6.61 Å². The predicted octanol–water partition coefficient (Wildman–Crippen LogP) is 4.18. The van der Waals surface area contributed by atoms with Gasteiger partial charge in [0.05, 0.1) is 13.0 Å². The molecule has 0 unspecified atom stereocenters. The van der Waals surface area contributed by atoms with Crippen molar-refractivity contribution in [1.82, 2.24) is 0 Å². The van der Waals surface area contributed by atoms with Crippen LogP contribution in [0.15, 0.2) is 30.0 Å². The molecule has 0 aromatic rings. The van der Waals surface area contributed by atoms with Crippen molar-refractivity contribution in [3.63, 3.8) is 0 Å². The molecule has 0 atom stereocenters. The fourth-order valence-electron chi connectivity index (χ4n) is 1.31. The molecule has 0 amide bonds. The molecule has 0 aromatic heterocycles. The minimum absolute atomic E-state index is 0.191. The van der Waals surface area contributed by atoms with Crippen molar-refractivity contribution in [3.8, 4) is 0 Å². The fourth-order valence-corrected chi connectivity index (χ4v) is 1.31. The molecule has 0 aliphatic heterocycles. The summed E-state index contributed by atoms with van der Waals surface area (Å²) < 4.78 is 4.79. The molecule has 0 saturated heterocycles. The average molecular weight is 236 g/mol. The molecular formula is C15H24O2. The molecule has 0 aromatic carbocycles. The minimum atomic E-state index is -0.191. The normalized spacial score (nSPS) is 10.0. The predicted molar refractivity (Wildman–Crippen MR) is 71.8 cm³/mol. The van der Waals surface area contributed by atoms with Crippen LogP contribution in [-0.4, -0.2) is 12.6 Å². The van der Waals surface area contributed by atoms with E-state index < -0.39 is 0 Å². The lowest BCUT2D eigenvalue weighted by Crippen LogP contribution is -2.00. The number of esters is 1. The molecule has 0 rings (SSSR count). The van der Waals surface area contributed by atoms with E-state index in [2.05, 4.69) is 24.8 Å². The highest BCUT2D eigenvalue weighted by atomic mass is 16.5. The largest absolute Gasteiger partial charge is 0.466 e. The van der Waals surface area contributed by atoms with Gasteiger partial charge in [0.1, 0.15) is 0 Å². The molecule has 0 fully saturated rings. The molecule has 0 aliphatic rings. The molecule has 17 heavy (non-hydrogen) atoms. The summed E-state index contributed by atoms with van der Waals surface area (Å²) in [4.78, 5) is 11.0. The van der Waals surface area contributed by atoms with Crippen molar-refractivity contribution < 1.29 is 9.53 Å². The van der Waals surface area contributed by atoms with Gasteiger partial charge in [-0.2, -0.15) is 0 Å². The summed E-state index contributed by atoms with van der Waals surface area (Å²) in [5, 5.41) is 0. The Morgan fingerprint density at radius 1 is 1.18 bits per heavy atom. The van der Waals surface area contributed by atoms with Crippen molar-refractivity contribution in [2.24, 2.45) is 0 Å². The Kier molecular flexibility index (Phi) is 11.8. The van der Waals surface area contributed by atoms with Crippen molar-refractivity contribution in [1.29, 1.82) is 0 Å². The molecule has 0 N–H and O–H groups in total. The monoisotopic (exact) mass is 236 g/mol. The SMILES string of the molecule is CCCCC/C=C\CC=C=CCC(=O)OCC. The highest BCUT2D eigenvalue weighted by molar-refractivity contribution is 5.70. The first-order valence-corrected chi connectivity index (χ1v) is 6.51. The first-order chi connectivity index (χ1) is 8.31. The summed E-state index contributed by atoms with van der Waals surface area (Å²) in [7, 11) is 0. The number of rotatable bonds is 9. The smallest absolute Gasteiger partial charge is 0.310 e. The highest BCUT2D eigenvalue weighted by Gasteiger charge is 1.94. The van der Waals surface area contributed by atoms with Crippen LogP contribution in [0.1, 0.15) is 52.4 Å². The van der Waals surface area contributed by atoms with Gasteiger partial charge in [0.2, 0.25) is 0 Å². The van der Waals surface area contributed by atoms with E-state index in [-0.39, 0.29) is 5.97 Å². The van der Waals surface area contributed by atoms with Gasteiger partial charge in [0, 0.05) is 0 Å². The van der Waals surface area contributed by atoms with Gasteiger partial charge in [-0.1, -0.05) is 31.9 Å². The molecule has 2 heteroatoms. The van der Waals surface area contributed by atoms with Gasteiger partial charge >= 0.3 is 5.97 Å². The van der Waals surface area contributed by atoms with Crippen molar-refractivity contribution in [3.05, 3.63) is 30.0 Å². The van der Waals surface area contributed by atoms with E-state index in [1.165, 1.54) is 19.3 Å². The quantitative estimate of drug-likeness (QED) is 0.260. The summed E-state index contributed by atoms with van der Waals surface area (Å²) in [6.45, 7) is 4.46. The zero-order valence-electron chi connectivity index (χ0n) is 11.1. The second-order valence-corrected chi connectivity index (χ2v) is 3.79. The molecule has 96 valence electrons. The van der Waals surface area contributed by atoms with E-state index in [9.17, 15) is 4.79 Å². The fraction of sp³-hybridized carbons (Fsp3) is 0.600. The number of carbonyl (C=O) groups is 1. The highest BCUT2D eigenvalue weighted by Crippen LogP contribution is 2.00. The average Bonchev–Trinajstić information content (AvgIpc) is 2.32. The Morgan fingerprint density at radius 2 is 2.00 bits per heavy atom. The van der Waals surface area contributed by atoms with E-state index in [0.29, 0.717) is 13.0 Å². The Hall–Kier alpha value is -1.27. The molecule has 2 nitrogen and oxygen atoms in total. The summed E-state index contributed by atoms with van der Waals surface area (Å²) >= 11 is 0. The van der Waals surface area contributed by atoms with E-state index in [0.717, 1.165) is 12.8 Å². The van der Waals surface area contributed by atoms with Crippen LogP contribution in [0.3, 0.4) is 0 Å². The molecule has 0 aliphatic carbocycles. The minimum Gasteiger partial charge on any atom is -0.466 e. The second-order valence-electron chi connectivity index (χ2n) is 3.79. The third-order valence-electron chi connectivity index (χ3n) is 2.20. The van der Waals surface area contributed by atoms with Crippen LogP contribution < -0.4 is 0 Å². The zero-order chi connectivity index (χ0) is 12.8. The van der Waals surface area contributed by atoms with Gasteiger partial charge in [-0.05, 0) is 38.3 Å². The van der Waals surface area contributed by atoms with Crippen LogP contribution in [0.5, 0.6) is 0 Å². The number of carbonyl (C=O) groups excluding carboxylic acids is 1. The van der Waals surface area contributed by atoms with Gasteiger partial charge in [0.15, 0.2) is 0 Å². The standard InChI is InChI=1S/C15H24O2/c1-3-5-6-7-8-9-10-11-12-13-14-15(16)17-4-2/h8-9,11,13H,3-7,10,14H2,1-2H3/b9-8-. The number of unbranched alkanes of at least 4 members (excludes halogenated alkanes) is 3. The maximum atomic E-state index is 11.0. The molecule has 0 saturated carbocycles. The summed E-state index contributed by atoms with van der Waals surface area (Å²) in [6.07, 6.45) is 14.2. The first-order valence-electron chi connectivity index (χ1n) is 6.51. The Labute approximate surface area is 105 Å². The topological polar surface area (TPSA) is 26.3 Å². The van der Waals surface area contributed by atoms with Crippen LogP contribution in [0.4, 0.5) is 0 Å². The van der Waals surface area contributed by atoms with Crippen LogP contribution in [0.2, 0.25) is 0 Å². The zero-order valence-corrected chi connectivity index (χ0v) is 11.1. The van der Waals surface area contributed by atoms with Gasteiger partial charge in [-0.15, -0.1) is 5.73 Å². The Morgan fingerprint density at radius 3 is 2.71 bits per heavy atom. The molecule has 0 heterocycles.